The van der Waals surface area contributed by atoms with E-state index in [1.807, 2.05) is 11.4 Å². The molecule has 6 heteroatoms. The number of carbonyl (C=O) groups is 1. The fourth-order valence-corrected chi connectivity index (χ4v) is 2.57. The Bertz CT molecular complexity index is 583. The monoisotopic (exact) mass is 282 g/mol. The number of halogens is 1. The summed E-state index contributed by atoms with van der Waals surface area (Å²) in [5, 5.41) is 3.10. The largest absolute Gasteiger partial charge is 0.495 e. The Morgan fingerprint density at radius 3 is 2.94 bits per heavy atom. The summed E-state index contributed by atoms with van der Waals surface area (Å²) in [5.74, 6) is 0.233. The summed E-state index contributed by atoms with van der Waals surface area (Å²) in [7, 11) is 1.56. The first-order valence-electron chi connectivity index (χ1n) is 5.17. The molecule has 1 aromatic carbocycles. The highest BCUT2D eigenvalue weighted by molar-refractivity contribution is 7.10. The number of hydrogen-bond acceptors (Lipinski definition) is 4. The molecule has 0 unspecified atom stereocenters. The molecule has 0 aliphatic rings. The molecule has 2 rings (SSSR count). The van der Waals surface area contributed by atoms with E-state index in [9.17, 15) is 4.79 Å². The molecule has 1 amide bonds. The van der Waals surface area contributed by atoms with Crippen LogP contribution in [-0.4, -0.2) is 18.0 Å². The van der Waals surface area contributed by atoms with Gasteiger partial charge in [-0.25, -0.2) is 4.98 Å². The highest BCUT2D eigenvalue weighted by atomic mass is 35.5. The van der Waals surface area contributed by atoms with E-state index in [0.29, 0.717) is 15.8 Å². The molecule has 1 heterocycles. The van der Waals surface area contributed by atoms with Crippen LogP contribution in [0, 0.1) is 0 Å². The number of thiazole rings is 1. The van der Waals surface area contributed by atoms with Crippen molar-refractivity contribution in [2.24, 2.45) is 5.73 Å². The fraction of sp³-hybridized carbons (Fsp3) is 0.167. The topological polar surface area (TPSA) is 65.2 Å². The van der Waals surface area contributed by atoms with Gasteiger partial charge in [-0.3, -0.25) is 4.79 Å². The lowest BCUT2D eigenvalue weighted by atomic mass is 10.2. The van der Waals surface area contributed by atoms with Crippen LogP contribution in [0.1, 0.15) is 5.01 Å². The Morgan fingerprint density at radius 2 is 2.33 bits per heavy atom. The van der Waals surface area contributed by atoms with Crippen LogP contribution in [0.25, 0.3) is 11.3 Å². The van der Waals surface area contributed by atoms with E-state index < -0.39 is 0 Å². The van der Waals surface area contributed by atoms with Crippen molar-refractivity contribution in [3.63, 3.8) is 0 Å². The predicted molar refractivity (Wildman–Crippen MR) is 72.0 cm³/mol. The van der Waals surface area contributed by atoms with Crippen LogP contribution in [-0.2, 0) is 11.2 Å². The van der Waals surface area contributed by atoms with Gasteiger partial charge in [0.25, 0.3) is 0 Å². The van der Waals surface area contributed by atoms with Crippen molar-refractivity contribution in [2.75, 3.05) is 7.11 Å². The molecule has 2 aromatic rings. The van der Waals surface area contributed by atoms with Crippen molar-refractivity contribution in [3.8, 4) is 17.0 Å². The third kappa shape index (κ3) is 2.80. The third-order valence-electron chi connectivity index (χ3n) is 2.32. The van der Waals surface area contributed by atoms with Gasteiger partial charge in [0.2, 0.25) is 5.91 Å². The number of hydrogen-bond donors (Lipinski definition) is 1. The van der Waals surface area contributed by atoms with Crippen LogP contribution in [0.5, 0.6) is 5.75 Å². The molecule has 0 saturated carbocycles. The van der Waals surface area contributed by atoms with Gasteiger partial charge in [0.05, 0.1) is 24.2 Å². The first-order chi connectivity index (χ1) is 8.60. The van der Waals surface area contributed by atoms with E-state index in [1.54, 1.807) is 19.2 Å². The second-order valence-electron chi connectivity index (χ2n) is 3.62. The van der Waals surface area contributed by atoms with Gasteiger partial charge in [-0.1, -0.05) is 11.6 Å². The van der Waals surface area contributed by atoms with Gasteiger partial charge in [-0.05, 0) is 18.2 Å². The molecule has 0 bridgehead atoms. The molecule has 0 spiro atoms. The second kappa shape index (κ2) is 5.37. The summed E-state index contributed by atoms with van der Waals surface area (Å²) in [5.41, 5.74) is 6.79. The van der Waals surface area contributed by atoms with Crippen molar-refractivity contribution in [1.29, 1.82) is 0 Å². The van der Waals surface area contributed by atoms with Crippen molar-refractivity contribution >= 4 is 28.8 Å². The molecule has 0 aliphatic carbocycles. The summed E-state index contributed by atoms with van der Waals surface area (Å²) in [6.07, 6.45) is 0.161. The standard InChI is InChI=1S/C12H11ClN2O2S/c1-17-10-3-2-7(4-8(10)13)9-6-18-12(15-9)5-11(14)16/h2-4,6H,5H2,1H3,(H2,14,16). The number of rotatable bonds is 4. The molecule has 0 fully saturated rings. The molecule has 94 valence electrons. The average molecular weight is 283 g/mol. The lowest BCUT2D eigenvalue weighted by Crippen LogP contribution is -2.13. The van der Waals surface area contributed by atoms with Gasteiger partial charge in [0, 0.05) is 10.9 Å². The Balaban J connectivity index is 2.28. The first kappa shape index (κ1) is 12.9. The smallest absolute Gasteiger partial charge is 0.224 e. The zero-order chi connectivity index (χ0) is 13.1. The molecule has 0 radical (unpaired) electrons. The van der Waals surface area contributed by atoms with Crippen molar-refractivity contribution in [2.45, 2.75) is 6.42 Å². The van der Waals surface area contributed by atoms with Gasteiger partial charge in [-0.15, -0.1) is 11.3 Å². The van der Waals surface area contributed by atoms with Gasteiger partial charge in [-0.2, -0.15) is 0 Å². The number of methoxy groups -OCH3 is 1. The van der Waals surface area contributed by atoms with Crippen LogP contribution in [0.2, 0.25) is 5.02 Å². The molecular weight excluding hydrogens is 272 g/mol. The summed E-state index contributed by atoms with van der Waals surface area (Å²) in [4.78, 5) is 15.1. The zero-order valence-electron chi connectivity index (χ0n) is 9.64. The molecule has 4 nitrogen and oxygen atoms in total. The molecule has 0 aliphatic heterocycles. The van der Waals surface area contributed by atoms with Crippen LogP contribution in [0.4, 0.5) is 0 Å². The zero-order valence-corrected chi connectivity index (χ0v) is 11.2. The summed E-state index contributed by atoms with van der Waals surface area (Å²) in [6, 6.07) is 5.43. The number of amides is 1. The minimum atomic E-state index is -0.385. The van der Waals surface area contributed by atoms with E-state index in [0.717, 1.165) is 11.3 Å². The summed E-state index contributed by atoms with van der Waals surface area (Å²) >= 11 is 7.45. The van der Waals surface area contributed by atoms with Crippen molar-refractivity contribution < 1.29 is 9.53 Å². The number of ether oxygens (including phenoxy) is 1. The van der Waals surface area contributed by atoms with Crippen LogP contribution >= 0.6 is 22.9 Å². The maximum atomic E-state index is 10.8. The lowest BCUT2D eigenvalue weighted by Gasteiger charge is -2.04. The number of aromatic nitrogens is 1. The quantitative estimate of drug-likeness (QED) is 0.937. The Labute approximate surface area is 113 Å². The maximum Gasteiger partial charge on any atom is 0.224 e. The number of carbonyl (C=O) groups excluding carboxylic acids is 1. The second-order valence-corrected chi connectivity index (χ2v) is 4.97. The maximum absolute atomic E-state index is 10.8. The number of benzene rings is 1. The lowest BCUT2D eigenvalue weighted by molar-refractivity contribution is -0.117. The Hall–Kier alpha value is -1.59. The molecule has 0 saturated heterocycles. The molecular formula is C12H11ClN2O2S. The SMILES string of the molecule is COc1ccc(-c2csc(CC(N)=O)n2)cc1Cl. The molecule has 2 N–H and O–H groups in total. The fourth-order valence-electron chi connectivity index (χ4n) is 1.50. The Morgan fingerprint density at radius 1 is 1.56 bits per heavy atom. The third-order valence-corrected chi connectivity index (χ3v) is 3.47. The predicted octanol–water partition coefficient (Wildman–Crippen LogP) is 2.50. The van der Waals surface area contributed by atoms with E-state index in [2.05, 4.69) is 4.98 Å². The first-order valence-corrected chi connectivity index (χ1v) is 6.42. The van der Waals surface area contributed by atoms with Crippen LogP contribution in [0.3, 0.4) is 0 Å². The van der Waals surface area contributed by atoms with Gasteiger partial charge in [0.1, 0.15) is 10.8 Å². The van der Waals surface area contributed by atoms with E-state index in [-0.39, 0.29) is 12.3 Å². The van der Waals surface area contributed by atoms with Crippen LogP contribution < -0.4 is 10.5 Å². The molecule has 0 atom stereocenters. The van der Waals surface area contributed by atoms with Crippen LogP contribution in [0.15, 0.2) is 23.6 Å². The van der Waals surface area contributed by atoms with Crippen molar-refractivity contribution in [1.82, 2.24) is 4.98 Å². The van der Waals surface area contributed by atoms with E-state index >= 15 is 0 Å². The Kier molecular flexibility index (Phi) is 3.84. The normalized spacial score (nSPS) is 10.3. The minimum Gasteiger partial charge on any atom is -0.495 e. The van der Waals surface area contributed by atoms with Gasteiger partial charge < -0.3 is 10.5 Å². The summed E-state index contributed by atoms with van der Waals surface area (Å²) < 4.78 is 5.08. The number of primary amides is 1. The van der Waals surface area contributed by atoms with E-state index in [1.165, 1.54) is 11.3 Å². The summed E-state index contributed by atoms with van der Waals surface area (Å²) in [6.45, 7) is 0. The highest BCUT2D eigenvalue weighted by Crippen LogP contribution is 2.30. The van der Waals surface area contributed by atoms with E-state index in [4.69, 9.17) is 22.1 Å². The van der Waals surface area contributed by atoms with Gasteiger partial charge in [0.15, 0.2) is 0 Å². The minimum absolute atomic E-state index is 0.161. The van der Waals surface area contributed by atoms with Crippen molar-refractivity contribution in [3.05, 3.63) is 33.6 Å². The number of nitrogens with zero attached hydrogens (tertiary/aromatic N) is 1. The molecule has 18 heavy (non-hydrogen) atoms. The average Bonchev–Trinajstić information content (AvgIpc) is 2.76. The molecule has 1 aromatic heterocycles. The number of nitrogens with two attached hydrogens (primary N) is 1. The van der Waals surface area contributed by atoms with Gasteiger partial charge >= 0.3 is 0 Å². The highest BCUT2D eigenvalue weighted by Gasteiger charge is 2.09.